The first-order valence-electron chi connectivity index (χ1n) is 5.56. The minimum absolute atomic E-state index is 0.357. The van der Waals surface area contributed by atoms with E-state index in [-0.39, 0.29) is 0 Å². The van der Waals surface area contributed by atoms with E-state index in [2.05, 4.69) is 10.6 Å². The summed E-state index contributed by atoms with van der Waals surface area (Å²) in [5.74, 6) is 0.357. The maximum Gasteiger partial charge on any atom is 0.115 e. The van der Waals surface area contributed by atoms with Crippen molar-refractivity contribution >= 4 is 0 Å². The molecule has 1 aliphatic rings. The highest BCUT2D eigenvalue weighted by atomic mass is 16.3. The summed E-state index contributed by atoms with van der Waals surface area (Å²) in [6.07, 6.45) is 2.20. The quantitative estimate of drug-likeness (QED) is 0.685. The van der Waals surface area contributed by atoms with Gasteiger partial charge < -0.3 is 15.7 Å². The molecule has 3 N–H and O–H groups in total. The minimum atomic E-state index is 0.357. The van der Waals surface area contributed by atoms with Crippen molar-refractivity contribution in [3.63, 3.8) is 0 Å². The van der Waals surface area contributed by atoms with Gasteiger partial charge in [0.15, 0.2) is 0 Å². The molecule has 15 heavy (non-hydrogen) atoms. The Morgan fingerprint density at radius 1 is 1.47 bits per heavy atom. The molecule has 3 nitrogen and oxygen atoms in total. The number of hydrogen-bond donors (Lipinski definition) is 3. The van der Waals surface area contributed by atoms with Gasteiger partial charge in [-0.25, -0.2) is 0 Å². The van der Waals surface area contributed by atoms with Crippen LogP contribution in [0.4, 0.5) is 0 Å². The summed E-state index contributed by atoms with van der Waals surface area (Å²) in [6, 6.07) is 8.10. The summed E-state index contributed by atoms with van der Waals surface area (Å²) >= 11 is 0. The zero-order chi connectivity index (χ0) is 10.5. The zero-order valence-electron chi connectivity index (χ0n) is 8.87. The van der Waals surface area contributed by atoms with Crippen LogP contribution in [-0.2, 0) is 6.42 Å². The van der Waals surface area contributed by atoms with Gasteiger partial charge in [0.05, 0.1) is 0 Å². The van der Waals surface area contributed by atoms with E-state index in [1.807, 2.05) is 18.2 Å². The van der Waals surface area contributed by atoms with E-state index in [1.165, 1.54) is 12.0 Å². The Balaban J connectivity index is 1.73. The first kappa shape index (κ1) is 10.5. The van der Waals surface area contributed by atoms with Crippen LogP contribution >= 0.6 is 0 Å². The molecular weight excluding hydrogens is 188 g/mol. The van der Waals surface area contributed by atoms with Gasteiger partial charge in [0.25, 0.3) is 0 Å². The molecule has 1 aromatic carbocycles. The lowest BCUT2D eigenvalue weighted by Gasteiger charge is -2.10. The van der Waals surface area contributed by atoms with E-state index >= 15 is 0 Å². The number of rotatable bonds is 4. The van der Waals surface area contributed by atoms with Gasteiger partial charge in [-0.2, -0.15) is 0 Å². The monoisotopic (exact) mass is 206 g/mol. The van der Waals surface area contributed by atoms with Gasteiger partial charge in [0.1, 0.15) is 5.75 Å². The maximum atomic E-state index is 9.29. The van der Waals surface area contributed by atoms with E-state index in [4.69, 9.17) is 0 Å². The Morgan fingerprint density at radius 3 is 3.13 bits per heavy atom. The van der Waals surface area contributed by atoms with Crippen LogP contribution in [0.5, 0.6) is 5.75 Å². The van der Waals surface area contributed by atoms with E-state index in [0.717, 1.165) is 26.1 Å². The van der Waals surface area contributed by atoms with Gasteiger partial charge in [-0.05, 0) is 43.6 Å². The van der Waals surface area contributed by atoms with E-state index in [9.17, 15) is 5.11 Å². The van der Waals surface area contributed by atoms with Gasteiger partial charge in [0.2, 0.25) is 0 Å². The van der Waals surface area contributed by atoms with Crippen LogP contribution in [0.25, 0.3) is 0 Å². The summed E-state index contributed by atoms with van der Waals surface area (Å²) in [6.45, 7) is 3.19. The predicted molar refractivity (Wildman–Crippen MR) is 61.1 cm³/mol. The van der Waals surface area contributed by atoms with Crippen molar-refractivity contribution in [1.82, 2.24) is 10.6 Å². The second-order valence-corrected chi connectivity index (χ2v) is 4.06. The lowest BCUT2D eigenvalue weighted by molar-refractivity contribution is 0.474. The van der Waals surface area contributed by atoms with Crippen molar-refractivity contribution in [2.24, 2.45) is 0 Å². The van der Waals surface area contributed by atoms with Gasteiger partial charge in [-0.3, -0.25) is 0 Å². The van der Waals surface area contributed by atoms with Crippen molar-refractivity contribution in [2.45, 2.75) is 18.9 Å². The second-order valence-electron chi connectivity index (χ2n) is 4.06. The molecule has 0 amide bonds. The van der Waals surface area contributed by atoms with Crippen LogP contribution < -0.4 is 10.6 Å². The Morgan fingerprint density at radius 2 is 2.40 bits per heavy atom. The third kappa shape index (κ3) is 3.22. The number of aromatic hydroxyl groups is 1. The van der Waals surface area contributed by atoms with Gasteiger partial charge in [0, 0.05) is 12.6 Å². The van der Waals surface area contributed by atoms with Crippen molar-refractivity contribution in [2.75, 3.05) is 19.6 Å². The summed E-state index contributed by atoms with van der Waals surface area (Å²) < 4.78 is 0. The second kappa shape index (κ2) is 5.14. The molecule has 1 saturated heterocycles. The molecule has 0 radical (unpaired) electrons. The molecule has 0 saturated carbocycles. The molecule has 1 aliphatic heterocycles. The smallest absolute Gasteiger partial charge is 0.115 e. The lowest BCUT2D eigenvalue weighted by atomic mass is 10.1. The molecule has 2 rings (SSSR count). The first-order valence-corrected chi connectivity index (χ1v) is 5.56. The van der Waals surface area contributed by atoms with Crippen LogP contribution in [0.3, 0.4) is 0 Å². The van der Waals surface area contributed by atoms with E-state index in [0.29, 0.717) is 11.8 Å². The Bertz CT molecular complexity index is 308. The van der Waals surface area contributed by atoms with Crippen molar-refractivity contribution in [1.29, 1.82) is 0 Å². The van der Waals surface area contributed by atoms with Gasteiger partial charge in [-0.15, -0.1) is 0 Å². The van der Waals surface area contributed by atoms with Crippen LogP contribution in [0.2, 0.25) is 0 Å². The van der Waals surface area contributed by atoms with Crippen LogP contribution in [0.15, 0.2) is 24.3 Å². The number of benzene rings is 1. The Kier molecular flexibility index (Phi) is 3.59. The van der Waals surface area contributed by atoms with Crippen LogP contribution in [-0.4, -0.2) is 30.8 Å². The predicted octanol–water partition coefficient (Wildman–Crippen LogP) is 0.886. The number of phenolic OH excluding ortho intramolecular Hbond substituents is 1. The Hall–Kier alpha value is -1.06. The molecule has 1 atom stereocenters. The van der Waals surface area contributed by atoms with E-state index in [1.54, 1.807) is 6.07 Å². The van der Waals surface area contributed by atoms with Crippen LogP contribution in [0, 0.1) is 0 Å². The fourth-order valence-corrected chi connectivity index (χ4v) is 1.96. The number of nitrogens with one attached hydrogen (secondary N) is 2. The third-order valence-electron chi connectivity index (χ3n) is 2.82. The third-order valence-corrected chi connectivity index (χ3v) is 2.82. The highest BCUT2D eigenvalue weighted by molar-refractivity contribution is 5.27. The molecule has 1 unspecified atom stereocenters. The average molecular weight is 206 g/mol. The molecule has 0 bridgehead atoms. The SMILES string of the molecule is Oc1cccc(CCNC2CCNC2)c1. The highest BCUT2D eigenvalue weighted by Gasteiger charge is 2.12. The van der Waals surface area contributed by atoms with Crippen LogP contribution in [0.1, 0.15) is 12.0 Å². The average Bonchev–Trinajstić information content (AvgIpc) is 2.71. The molecular formula is C12H18N2O. The number of hydrogen-bond acceptors (Lipinski definition) is 3. The zero-order valence-corrected chi connectivity index (χ0v) is 8.87. The minimum Gasteiger partial charge on any atom is -0.508 e. The summed E-state index contributed by atoms with van der Waals surface area (Å²) in [4.78, 5) is 0. The van der Waals surface area contributed by atoms with Gasteiger partial charge in [-0.1, -0.05) is 12.1 Å². The largest absolute Gasteiger partial charge is 0.508 e. The summed E-state index contributed by atoms with van der Waals surface area (Å²) in [5.41, 5.74) is 1.19. The summed E-state index contributed by atoms with van der Waals surface area (Å²) in [7, 11) is 0. The van der Waals surface area contributed by atoms with Crippen molar-refractivity contribution in [3.05, 3.63) is 29.8 Å². The molecule has 0 aromatic heterocycles. The molecule has 3 heteroatoms. The molecule has 0 aliphatic carbocycles. The fraction of sp³-hybridized carbons (Fsp3) is 0.500. The van der Waals surface area contributed by atoms with Gasteiger partial charge >= 0.3 is 0 Å². The molecule has 0 spiro atoms. The molecule has 1 heterocycles. The molecule has 82 valence electrons. The number of phenols is 1. The van der Waals surface area contributed by atoms with Crippen molar-refractivity contribution < 1.29 is 5.11 Å². The fourth-order valence-electron chi connectivity index (χ4n) is 1.96. The molecule has 1 aromatic rings. The normalized spacial score (nSPS) is 20.7. The Labute approximate surface area is 90.5 Å². The first-order chi connectivity index (χ1) is 7.34. The van der Waals surface area contributed by atoms with Crippen molar-refractivity contribution in [3.8, 4) is 5.75 Å². The summed E-state index contributed by atoms with van der Waals surface area (Å²) in [5, 5.41) is 16.1. The highest BCUT2D eigenvalue weighted by Crippen LogP contribution is 2.11. The topological polar surface area (TPSA) is 44.3 Å². The molecule has 1 fully saturated rings. The lowest BCUT2D eigenvalue weighted by Crippen LogP contribution is -2.32. The maximum absolute atomic E-state index is 9.29. The van der Waals surface area contributed by atoms with E-state index < -0.39 is 0 Å². The standard InChI is InChI=1S/C12H18N2O/c15-12-3-1-2-10(8-12)4-7-14-11-5-6-13-9-11/h1-3,8,11,13-15H,4-7,9H2.